The van der Waals surface area contributed by atoms with Crippen molar-refractivity contribution >= 4 is 17.7 Å². The molecule has 0 aliphatic rings. The molecule has 1 aromatic rings. The fourth-order valence-corrected chi connectivity index (χ4v) is 1.09. The summed E-state index contributed by atoms with van der Waals surface area (Å²) in [5.74, 6) is -3.89. The lowest BCUT2D eigenvalue weighted by molar-refractivity contribution is 0.0695. The van der Waals surface area contributed by atoms with Crippen LogP contribution < -0.4 is 5.32 Å². The van der Waals surface area contributed by atoms with Crippen molar-refractivity contribution in [3.63, 3.8) is 0 Å². The predicted octanol–water partition coefficient (Wildman–Crippen LogP) is 2.40. The van der Waals surface area contributed by atoms with E-state index < -0.39 is 34.9 Å². The van der Waals surface area contributed by atoms with Crippen LogP contribution in [0.3, 0.4) is 0 Å². The highest BCUT2D eigenvalue weighted by atomic mass is 19.1. The summed E-state index contributed by atoms with van der Waals surface area (Å²) in [6, 6.07) is 1.18. The lowest BCUT2D eigenvalue weighted by atomic mass is 10.2. The Balaban J connectivity index is 2.93. The molecule has 0 aliphatic heterocycles. The summed E-state index contributed by atoms with van der Waals surface area (Å²) < 4.78 is 31.2. The maximum atomic E-state index is 13.4. The maximum Gasteiger partial charge on any atom is 0.412 e. The van der Waals surface area contributed by atoms with Crippen LogP contribution >= 0.6 is 0 Å². The second-order valence-corrected chi connectivity index (χ2v) is 3.13. The molecule has 96 valence electrons. The van der Waals surface area contributed by atoms with Gasteiger partial charge in [-0.1, -0.05) is 12.7 Å². The molecule has 0 unspecified atom stereocenters. The Labute approximate surface area is 101 Å². The van der Waals surface area contributed by atoms with Gasteiger partial charge in [0, 0.05) is 0 Å². The molecule has 0 atom stereocenters. The van der Waals surface area contributed by atoms with Crippen molar-refractivity contribution in [1.29, 1.82) is 0 Å². The van der Waals surface area contributed by atoms with E-state index in [-0.39, 0.29) is 6.61 Å². The van der Waals surface area contributed by atoms with Crippen LogP contribution in [0.4, 0.5) is 19.3 Å². The monoisotopic (exact) mass is 257 g/mol. The maximum absolute atomic E-state index is 13.4. The minimum atomic E-state index is -1.48. The van der Waals surface area contributed by atoms with Gasteiger partial charge in [0.05, 0.1) is 5.56 Å². The number of halogens is 2. The summed E-state index contributed by atoms with van der Waals surface area (Å²) >= 11 is 0. The summed E-state index contributed by atoms with van der Waals surface area (Å²) in [5, 5.41) is 10.4. The fourth-order valence-electron chi connectivity index (χ4n) is 1.09. The Morgan fingerprint density at radius 3 is 2.39 bits per heavy atom. The fraction of sp³-hybridized carbons (Fsp3) is 0.0909. The first-order valence-electron chi connectivity index (χ1n) is 4.72. The average Bonchev–Trinajstić information content (AvgIpc) is 2.30. The number of hydrogen-bond donors (Lipinski definition) is 2. The Morgan fingerprint density at radius 2 is 1.94 bits per heavy atom. The molecule has 0 saturated heterocycles. The highest BCUT2D eigenvalue weighted by molar-refractivity contribution is 5.90. The number of hydrogen-bond acceptors (Lipinski definition) is 3. The predicted molar refractivity (Wildman–Crippen MR) is 58.5 cm³/mol. The normalized spacial score (nSPS) is 9.67. The number of benzene rings is 1. The van der Waals surface area contributed by atoms with Crippen molar-refractivity contribution < 1.29 is 28.2 Å². The van der Waals surface area contributed by atoms with Gasteiger partial charge < -0.3 is 9.84 Å². The highest BCUT2D eigenvalue weighted by Gasteiger charge is 2.16. The van der Waals surface area contributed by atoms with Gasteiger partial charge in [0.2, 0.25) is 0 Å². The molecule has 1 aromatic carbocycles. The van der Waals surface area contributed by atoms with E-state index in [1.807, 2.05) is 5.32 Å². The van der Waals surface area contributed by atoms with Crippen LogP contribution in [0.15, 0.2) is 24.8 Å². The van der Waals surface area contributed by atoms with E-state index in [4.69, 9.17) is 5.11 Å². The zero-order valence-electron chi connectivity index (χ0n) is 9.07. The number of ether oxygens (including phenoxy) is 1. The second-order valence-electron chi connectivity index (χ2n) is 3.13. The van der Waals surface area contributed by atoms with Crippen LogP contribution in [-0.2, 0) is 4.74 Å². The first kappa shape index (κ1) is 13.6. The number of amides is 1. The smallest absolute Gasteiger partial charge is 0.412 e. The van der Waals surface area contributed by atoms with Crippen LogP contribution in [-0.4, -0.2) is 23.8 Å². The Bertz CT molecular complexity index is 479. The third-order valence-corrected chi connectivity index (χ3v) is 1.85. The molecule has 0 fully saturated rings. The summed E-state index contributed by atoms with van der Waals surface area (Å²) in [4.78, 5) is 21.6. The summed E-state index contributed by atoms with van der Waals surface area (Å²) in [6.45, 7) is 3.16. The molecule has 5 nitrogen and oxygen atoms in total. The molecule has 1 rings (SSSR count). The van der Waals surface area contributed by atoms with E-state index in [9.17, 15) is 18.4 Å². The van der Waals surface area contributed by atoms with Crippen molar-refractivity contribution in [3.05, 3.63) is 42.0 Å². The molecule has 7 heteroatoms. The third kappa shape index (κ3) is 3.27. The molecular weight excluding hydrogens is 248 g/mol. The second kappa shape index (κ2) is 5.76. The van der Waals surface area contributed by atoms with E-state index in [0.29, 0.717) is 12.1 Å². The number of carbonyl (C=O) groups excluding carboxylic acids is 1. The molecule has 0 aromatic heterocycles. The van der Waals surface area contributed by atoms with Gasteiger partial charge in [0.15, 0.2) is 11.6 Å². The molecule has 0 saturated carbocycles. The summed E-state index contributed by atoms with van der Waals surface area (Å²) in [6.07, 6.45) is 0.204. The van der Waals surface area contributed by atoms with Crippen molar-refractivity contribution in [2.75, 3.05) is 11.9 Å². The van der Waals surface area contributed by atoms with Gasteiger partial charge >= 0.3 is 12.1 Å². The SMILES string of the molecule is C=CCOC(=O)Nc1c(F)cc(C(=O)O)cc1F. The van der Waals surface area contributed by atoms with Gasteiger partial charge in [-0.15, -0.1) is 0 Å². The number of nitrogens with one attached hydrogen (secondary N) is 1. The van der Waals surface area contributed by atoms with Crippen molar-refractivity contribution in [2.45, 2.75) is 0 Å². The minimum absolute atomic E-state index is 0.123. The molecule has 18 heavy (non-hydrogen) atoms. The van der Waals surface area contributed by atoms with Gasteiger partial charge in [0.1, 0.15) is 12.3 Å². The van der Waals surface area contributed by atoms with Gasteiger partial charge in [-0.05, 0) is 12.1 Å². The van der Waals surface area contributed by atoms with Crippen molar-refractivity contribution in [2.24, 2.45) is 0 Å². The summed E-state index contributed by atoms with van der Waals surface area (Å²) in [5.41, 5.74) is -1.33. The molecule has 0 radical (unpaired) electrons. The number of carboxylic acid groups (broad SMARTS) is 1. The molecule has 0 bridgehead atoms. The molecule has 0 spiro atoms. The van der Waals surface area contributed by atoms with Crippen LogP contribution in [0, 0.1) is 11.6 Å². The lowest BCUT2D eigenvalue weighted by Crippen LogP contribution is -2.16. The lowest BCUT2D eigenvalue weighted by Gasteiger charge is -2.08. The molecule has 2 N–H and O–H groups in total. The Morgan fingerprint density at radius 1 is 1.39 bits per heavy atom. The Hall–Kier alpha value is -2.44. The first-order valence-corrected chi connectivity index (χ1v) is 4.72. The van der Waals surface area contributed by atoms with Crippen molar-refractivity contribution in [1.82, 2.24) is 0 Å². The summed E-state index contributed by atoms with van der Waals surface area (Å²) in [7, 11) is 0. The van der Waals surface area contributed by atoms with Gasteiger partial charge in [-0.25, -0.2) is 18.4 Å². The van der Waals surface area contributed by atoms with E-state index in [1.165, 1.54) is 6.08 Å². The minimum Gasteiger partial charge on any atom is -0.478 e. The molecule has 1 amide bonds. The van der Waals surface area contributed by atoms with Gasteiger partial charge in [-0.2, -0.15) is 0 Å². The van der Waals surface area contributed by atoms with Crippen LogP contribution in [0.5, 0.6) is 0 Å². The zero-order chi connectivity index (χ0) is 13.7. The third-order valence-electron chi connectivity index (χ3n) is 1.85. The number of aromatic carboxylic acids is 1. The molecular formula is C11H9F2NO4. The number of carbonyl (C=O) groups is 2. The average molecular weight is 257 g/mol. The topological polar surface area (TPSA) is 75.6 Å². The quantitative estimate of drug-likeness (QED) is 0.812. The van der Waals surface area contributed by atoms with Gasteiger partial charge in [0.25, 0.3) is 0 Å². The zero-order valence-corrected chi connectivity index (χ0v) is 9.07. The van der Waals surface area contributed by atoms with E-state index in [1.54, 1.807) is 0 Å². The standard InChI is InChI=1S/C11H9F2NO4/c1-2-3-18-11(17)14-9-7(12)4-6(10(15)16)5-8(9)13/h2,4-5H,1,3H2,(H,14,17)(H,15,16). The number of anilines is 1. The Kier molecular flexibility index (Phi) is 4.36. The van der Waals surface area contributed by atoms with Crippen LogP contribution in [0.25, 0.3) is 0 Å². The number of rotatable bonds is 4. The first-order chi connectivity index (χ1) is 8.45. The highest BCUT2D eigenvalue weighted by Crippen LogP contribution is 2.21. The molecule has 0 aliphatic carbocycles. The largest absolute Gasteiger partial charge is 0.478 e. The van der Waals surface area contributed by atoms with Crippen LogP contribution in [0.1, 0.15) is 10.4 Å². The van der Waals surface area contributed by atoms with Crippen molar-refractivity contribution in [3.8, 4) is 0 Å². The van der Waals surface area contributed by atoms with Gasteiger partial charge in [-0.3, -0.25) is 5.32 Å². The van der Waals surface area contributed by atoms with E-state index in [2.05, 4.69) is 11.3 Å². The van der Waals surface area contributed by atoms with E-state index >= 15 is 0 Å². The van der Waals surface area contributed by atoms with E-state index in [0.717, 1.165) is 0 Å². The van der Waals surface area contributed by atoms with Crippen LogP contribution in [0.2, 0.25) is 0 Å². The number of carboxylic acids is 1. The molecule has 0 heterocycles.